The highest BCUT2D eigenvalue weighted by atomic mass is 15.3. The van der Waals surface area contributed by atoms with Crippen LogP contribution in [0.2, 0.25) is 0 Å². The van der Waals surface area contributed by atoms with Gasteiger partial charge in [-0.1, -0.05) is 37.3 Å². The quantitative estimate of drug-likeness (QED) is 0.581. The zero-order valence-corrected chi connectivity index (χ0v) is 20.3. The summed E-state index contributed by atoms with van der Waals surface area (Å²) < 4.78 is 0. The Morgan fingerprint density at radius 1 is 1.03 bits per heavy atom. The summed E-state index contributed by atoms with van der Waals surface area (Å²) in [6.07, 6.45) is 3.04. The minimum Gasteiger partial charge on any atom is -0.380 e. The Labute approximate surface area is 197 Å². The first kappa shape index (κ1) is 21.9. The Kier molecular flexibility index (Phi) is 5.83. The molecule has 1 aromatic heterocycles. The summed E-state index contributed by atoms with van der Waals surface area (Å²) in [6.45, 7) is 14.1. The van der Waals surface area contributed by atoms with Crippen LogP contribution in [-0.4, -0.2) is 46.6 Å². The SMILES string of the molecule is Cc1cc2c(cc1-c1ccnc(N3CCN(Cc4ccccc4)CC3)n1)[C@@H](C)CC(C)(C)N2. The molecule has 172 valence electrons. The number of rotatable bonds is 4. The standard InChI is InChI=1S/C28H35N5/c1-20-16-26-24(21(2)18-28(3,4)31-26)17-23(20)25-10-11-29-27(30-25)33-14-12-32(13-15-33)19-22-8-6-5-7-9-22/h5-11,16-17,21,31H,12-15,18-19H2,1-4H3/t21-/m0/s1. The smallest absolute Gasteiger partial charge is 0.225 e. The number of hydrogen-bond acceptors (Lipinski definition) is 5. The van der Waals surface area contributed by atoms with Crippen LogP contribution in [0.5, 0.6) is 0 Å². The molecular formula is C28H35N5. The highest BCUT2D eigenvalue weighted by Crippen LogP contribution is 2.41. The van der Waals surface area contributed by atoms with Crippen molar-refractivity contribution in [3.63, 3.8) is 0 Å². The first-order chi connectivity index (χ1) is 15.9. The number of aromatic nitrogens is 2. The Morgan fingerprint density at radius 2 is 1.79 bits per heavy atom. The fourth-order valence-corrected chi connectivity index (χ4v) is 5.41. The third-order valence-electron chi connectivity index (χ3n) is 7.04. The van der Waals surface area contributed by atoms with Gasteiger partial charge >= 0.3 is 0 Å². The molecule has 2 aliphatic heterocycles. The van der Waals surface area contributed by atoms with Crippen molar-refractivity contribution < 1.29 is 0 Å². The van der Waals surface area contributed by atoms with E-state index < -0.39 is 0 Å². The van der Waals surface area contributed by atoms with Crippen molar-refractivity contribution in [1.82, 2.24) is 14.9 Å². The monoisotopic (exact) mass is 441 g/mol. The van der Waals surface area contributed by atoms with Gasteiger partial charge in [0, 0.05) is 55.7 Å². The fourth-order valence-electron chi connectivity index (χ4n) is 5.41. The molecule has 0 bridgehead atoms. The third kappa shape index (κ3) is 4.74. The fraction of sp³-hybridized carbons (Fsp3) is 0.429. The Hall–Kier alpha value is -2.92. The number of piperazine rings is 1. The van der Waals surface area contributed by atoms with Crippen LogP contribution in [0.25, 0.3) is 11.3 Å². The number of fused-ring (bicyclic) bond motifs is 1. The van der Waals surface area contributed by atoms with E-state index in [1.807, 2.05) is 6.20 Å². The van der Waals surface area contributed by atoms with Gasteiger partial charge in [0.25, 0.3) is 0 Å². The van der Waals surface area contributed by atoms with Crippen molar-refractivity contribution >= 4 is 11.6 Å². The van der Waals surface area contributed by atoms with Crippen molar-refractivity contribution in [2.45, 2.75) is 52.1 Å². The van der Waals surface area contributed by atoms with Gasteiger partial charge in [-0.05, 0) is 68.0 Å². The molecule has 0 saturated carbocycles. The molecule has 5 heteroatoms. The van der Waals surface area contributed by atoms with E-state index in [4.69, 9.17) is 4.98 Å². The van der Waals surface area contributed by atoms with Crippen molar-refractivity contribution in [2.24, 2.45) is 0 Å². The summed E-state index contributed by atoms with van der Waals surface area (Å²) in [5, 5.41) is 3.73. The second kappa shape index (κ2) is 8.79. The lowest BCUT2D eigenvalue weighted by molar-refractivity contribution is 0.248. The van der Waals surface area contributed by atoms with E-state index in [1.165, 1.54) is 27.9 Å². The third-order valence-corrected chi connectivity index (χ3v) is 7.04. The summed E-state index contributed by atoms with van der Waals surface area (Å²) in [4.78, 5) is 14.5. The predicted octanol–water partition coefficient (Wildman–Crippen LogP) is 5.47. The van der Waals surface area contributed by atoms with Gasteiger partial charge in [0.2, 0.25) is 5.95 Å². The van der Waals surface area contributed by atoms with E-state index >= 15 is 0 Å². The maximum Gasteiger partial charge on any atom is 0.225 e. The van der Waals surface area contributed by atoms with Crippen LogP contribution in [0, 0.1) is 6.92 Å². The summed E-state index contributed by atoms with van der Waals surface area (Å²) in [7, 11) is 0. The number of anilines is 2. The van der Waals surface area contributed by atoms with E-state index in [1.54, 1.807) is 0 Å². The predicted molar refractivity (Wildman–Crippen MR) is 137 cm³/mol. The molecule has 1 saturated heterocycles. The van der Waals surface area contributed by atoms with Gasteiger partial charge in [0.15, 0.2) is 0 Å². The molecule has 5 rings (SSSR count). The molecule has 5 nitrogen and oxygen atoms in total. The van der Waals surface area contributed by atoms with Crippen LogP contribution in [0.1, 0.15) is 49.8 Å². The second-order valence-corrected chi connectivity index (χ2v) is 10.4. The van der Waals surface area contributed by atoms with E-state index in [-0.39, 0.29) is 5.54 Å². The van der Waals surface area contributed by atoms with E-state index in [2.05, 4.69) is 96.3 Å². The van der Waals surface area contributed by atoms with Gasteiger partial charge in [0.05, 0.1) is 5.69 Å². The first-order valence-electron chi connectivity index (χ1n) is 12.2. The molecule has 0 spiro atoms. The van der Waals surface area contributed by atoms with E-state index in [0.29, 0.717) is 5.92 Å². The molecular weight excluding hydrogens is 406 g/mol. The van der Waals surface area contributed by atoms with Gasteiger partial charge in [-0.15, -0.1) is 0 Å². The van der Waals surface area contributed by atoms with Crippen molar-refractivity contribution in [3.05, 3.63) is 71.4 Å². The average Bonchev–Trinajstić information content (AvgIpc) is 2.79. The van der Waals surface area contributed by atoms with Crippen molar-refractivity contribution in [1.29, 1.82) is 0 Å². The zero-order valence-electron chi connectivity index (χ0n) is 20.3. The Morgan fingerprint density at radius 3 is 2.55 bits per heavy atom. The van der Waals surface area contributed by atoms with Crippen LogP contribution >= 0.6 is 0 Å². The van der Waals surface area contributed by atoms with Gasteiger partial charge in [0.1, 0.15) is 0 Å². The second-order valence-electron chi connectivity index (χ2n) is 10.4. The molecule has 0 aliphatic carbocycles. The lowest BCUT2D eigenvalue weighted by Crippen LogP contribution is -2.46. The largest absolute Gasteiger partial charge is 0.380 e. The van der Waals surface area contributed by atoms with E-state index in [0.717, 1.165) is 50.8 Å². The maximum atomic E-state index is 5.01. The molecule has 1 N–H and O–H groups in total. The normalized spacial score (nSPS) is 20.2. The van der Waals surface area contributed by atoms with Crippen LogP contribution in [0.15, 0.2) is 54.7 Å². The van der Waals surface area contributed by atoms with Crippen molar-refractivity contribution in [2.75, 3.05) is 36.4 Å². The molecule has 2 aromatic carbocycles. The highest BCUT2D eigenvalue weighted by Gasteiger charge is 2.30. The number of benzene rings is 2. The summed E-state index contributed by atoms with van der Waals surface area (Å²) in [5.41, 5.74) is 7.65. The van der Waals surface area contributed by atoms with Crippen LogP contribution in [0.3, 0.4) is 0 Å². The number of nitrogens with one attached hydrogen (secondary N) is 1. The molecule has 3 heterocycles. The summed E-state index contributed by atoms with van der Waals surface area (Å²) in [6, 6.07) is 17.4. The molecule has 33 heavy (non-hydrogen) atoms. The minimum absolute atomic E-state index is 0.130. The molecule has 0 radical (unpaired) electrons. The molecule has 2 aliphatic rings. The van der Waals surface area contributed by atoms with Crippen LogP contribution in [-0.2, 0) is 6.54 Å². The van der Waals surface area contributed by atoms with Gasteiger partial charge in [-0.2, -0.15) is 0 Å². The first-order valence-corrected chi connectivity index (χ1v) is 12.2. The number of aryl methyl sites for hydroxylation is 1. The summed E-state index contributed by atoms with van der Waals surface area (Å²) in [5.74, 6) is 1.37. The van der Waals surface area contributed by atoms with Crippen LogP contribution in [0.4, 0.5) is 11.6 Å². The summed E-state index contributed by atoms with van der Waals surface area (Å²) >= 11 is 0. The van der Waals surface area contributed by atoms with Gasteiger partial charge < -0.3 is 10.2 Å². The van der Waals surface area contributed by atoms with Crippen LogP contribution < -0.4 is 10.2 Å². The average molecular weight is 442 g/mol. The highest BCUT2D eigenvalue weighted by molar-refractivity contribution is 5.72. The Bertz CT molecular complexity index is 1120. The van der Waals surface area contributed by atoms with Crippen molar-refractivity contribution in [3.8, 4) is 11.3 Å². The number of nitrogens with zero attached hydrogens (tertiary/aromatic N) is 4. The molecule has 3 aromatic rings. The molecule has 1 fully saturated rings. The minimum atomic E-state index is 0.130. The topological polar surface area (TPSA) is 44.3 Å². The van der Waals surface area contributed by atoms with Gasteiger partial charge in [-0.25, -0.2) is 9.97 Å². The lowest BCUT2D eigenvalue weighted by atomic mass is 9.80. The maximum absolute atomic E-state index is 5.01. The molecule has 0 unspecified atom stereocenters. The molecule has 1 atom stereocenters. The van der Waals surface area contributed by atoms with Gasteiger partial charge in [-0.3, -0.25) is 4.90 Å². The zero-order chi connectivity index (χ0) is 23.0. The molecule has 0 amide bonds. The van der Waals surface area contributed by atoms with E-state index in [9.17, 15) is 0 Å². The number of hydrogen-bond donors (Lipinski definition) is 1. The Balaban J connectivity index is 1.33. The lowest BCUT2D eigenvalue weighted by Gasteiger charge is -2.38.